The van der Waals surface area contributed by atoms with Gasteiger partial charge in [-0.3, -0.25) is 0 Å². The maximum absolute atomic E-state index is 12.4. The standard InChI is InChI=1S/C30H29F3N2O7/c31-30(32,33)13-1-14-39-25-10-6-21(7-11-25)29(38)42-26-8-3-20(4-9-26)5-12-27(36)40-15-2-16-41-28(37)22-17-23(34)19-24(35)18-22/h3-12,17-19H,1-2,13-16,34-35H2/b12-5+. The van der Waals surface area contributed by atoms with E-state index in [1.165, 1.54) is 54.6 Å². The van der Waals surface area contributed by atoms with Gasteiger partial charge in [0.1, 0.15) is 11.5 Å². The molecule has 0 aliphatic carbocycles. The summed E-state index contributed by atoms with van der Waals surface area (Å²) in [5.74, 6) is -1.20. The average molecular weight is 587 g/mol. The first-order valence-corrected chi connectivity index (χ1v) is 12.8. The summed E-state index contributed by atoms with van der Waals surface area (Å²) in [5.41, 5.74) is 13.1. The van der Waals surface area contributed by atoms with Crippen molar-refractivity contribution in [2.24, 2.45) is 0 Å². The number of carbonyl (C=O) groups is 3. The normalized spacial score (nSPS) is 11.2. The van der Waals surface area contributed by atoms with Gasteiger partial charge in [0, 0.05) is 30.3 Å². The zero-order valence-electron chi connectivity index (χ0n) is 22.4. The molecule has 0 aliphatic rings. The van der Waals surface area contributed by atoms with Crippen molar-refractivity contribution in [1.29, 1.82) is 0 Å². The van der Waals surface area contributed by atoms with Gasteiger partial charge in [-0.15, -0.1) is 0 Å². The lowest BCUT2D eigenvalue weighted by atomic mass is 10.2. The first-order chi connectivity index (χ1) is 20.0. The third-order valence-electron chi connectivity index (χ3n) is 5.45. The lowest BCUT2D eigenvalue weighted by molar-refractivity contribution is -0.138. The molecule has 0 heterocycles. The fraction of sp³-hybridized carbons (Fsp3) is 0.233. The molecule has 3 aromatic carbocycles. The van der Waals surface area contributed by atoms with E-state index in [4.69, 9.17) is 30.4 Å². The van der Waals surface area contributed by atoms with Gasteiger partial charge in [-0.25, -0.2) is 14.4 Å². The Morgan fingerprint density at radius 2 is 1.33 bits per heavy atom. The quantitative estimate of drug-likeness (QED) is 0.0862. The van der Waals surface area contributed by atoms with E-state index in [0.717, 1.165) is 0 Å². The predicted molar refractivity (Wildman–Crippen MR) is 149 cm³/mol. The van der Waals surface area contributed by atoms with Gasteiger partial charge >= 0.3 is 24.1 Å². The molecule has 222 valence electrons. The van der Waals surface area contributed by atoms with Gasteiger partial charge < -0.3 is 30.4 Å². The van der Waals surface area contributed by atoms with Gasteiger partial charge in [-0.1, -0.05) is 12.1 Å². The van der Waals surface area contributed by atoms with Crippen LogP contribution >= 0.6 is 0 Å². The molecule has 4 N–H and O–H groups in total. The molecule has 0 fully saturated rings. The Morgan fingerprint density at radius 3 is 1.98 bits per heavy atom. The van der Waals surface area contributed by atoms with Crippen molar-refractivity contribution in [3.05, 3.63) is 89.5 Å². The summed E-state index contributed by atoms with van der Waals surface area (Å²) in [6, 6.07) is 16.6. The smallest absolute Gasteiger partial charge is 0.389 e. The van der Waals surface area contributed by atoms with Crippen molar-refractivity contribution in [1.82, 2.24) is 0 Å². The number of rotatable bonds is 13. The summed E-state index contributed by atoms with van der Waals surface area (Å²) in [4.78, 5) is 36.4. The number of anilines is 2. The highest BCUT2D eigenvalue weighted by atomic mass is 19.4. The number of carbonyl (C=O) groups excluding carboxylic acids is 3. The van der Waals surface area contributed by atoms with E-state index in [1.54, 1.807) is 24.3 Å². The second-order valence-electron chi connectivity index (χ2n) is 8.93. The maximum Gasteiger partial charge on any atom is 0.389 e. The van der Waals surface area contributed by atoms with E-state index in [1.807, 2.05) is 0 Å². The van der Waals surface area contributed by atoms with Crippen LogP contribution in [0.5, 0.6) is 11.5 Å². The highest BCUT2D eigenvalue weighted by Gasteiger charge is 2.26. The molecule has 0 saturated carbocycles. The van der Waals surface area contributed by atoms with Crippen LogP contribution in [0.4, 0.5) is 24.5 Å². The Labute approximate surface area is 239 Å². The number of nitrogens with two attached hydrogens (primary N) is 2. The molecule has 9 nitrogen and oxygen atoms in total. The molecule has 3 rings (SSSR count). The number of alkyl halides is 3. The Hall–Kier alpha value is -5.00. The van der Waals surface area contributed by atoms with Crippen molar-refractivity contribution in [3.63, 3.8) is 0 Å². The van der Waals surface area contributed by atoms with Crippen LogP contribution in [-0.2, 0) is 14.3 Å². The average Bonchev–Trinajstić information content (AvgIpc) is 2.94. The molecule has 42 heavy (non-hydrogen) atoms. The Morgan fingerprint density at radius 1 is 0.714 bits per heavy atom. The van der Waals surface area contributed by atoms with E-state index in [2.05, 4.69) is 0 Å². The molecule has 0 aliphatic heterocycles. The zero-order chi connectivity index (χ0) is 30.5. The van der Waals surface area contributed by atoms with Crippen LogP contribution in [-0.4, -0.2) is 43.9 Å². The summed E-state index contributed by atoms with van der Waals surface area (Å²) < 4.78 is 57.3. The van der Waals surface area contributed by atoms with Crippen LogP contribution in [0.15, 0.2) is 72.8 Å². The molecular weight excluding hydrogens is 557 g/mol. The van der Waals surface area contributed by atoms with E-state index < -0.39 is 30.5 Å². The number of nitrogen functional groups attached to an aromatic ring is 2. The summed E-state index contributed by atoms with van der Waals surface area (Å²) in [6.45, 7) is -0.0230. The summed E-state index contributed by atoms with van der Waals surface area (Å²) in [7, 11) is 0. The molecule has 0 saturated heterocycles. The van der Waals surface area contributed by atoms with Gasteiger partial charge in [0.15, 0.2) is 0 Å². The molecule has 12 heteroatoms. The summed E-state index contributed by atoms with van der Waals surface area (Å²) in [5, 5.41) is 0. The second kappa shape index (κ2) is 15.1. The van der Waals surface area contributed by atoms with Crippen molar-refractivity contribution < 1.29 is 46.5 Å². The molecule has 0 bridgehead atoms. The predicted octanol–water partition coefficient (Wildman–Crippen LogP) is 5.60. The first kappa shape index (κ1) is 31.5. The lowest BCUT2D eigenvalue weighted by Crippen LogP contribution is -2.10. The topological polar surface area (TPSA) is 140 Å². The minimum Gasteiger partial charge on any atom is -0.494 e. The fourth-order valence-corrected chi connectivity index (χ4v) is 3.45. The molecule has 0 spiro atoms. The van der Waals surface area contributed by atoms with Crippen LogP contribution in [0.1, 0.15) is 45.5 Å². The Bertz CT molecular complexity index is 1370. The highest BCUT2D eigenvalue weighted by molar-refractivity contribution is 5.92. The molecule has 3 aromatic rings. The van der Waals surface area contributed by atoms with Crippen LogP contribution in [0.2, 0.25) is 0 Å². The number of esters is 3. The first-order valence-electron chi connectivity index (χ1n) is 12.8. The van der Waals surface area contributed by atoms with Gasteiger partial charge in [-0.2, -0.15) is 13.2 Å². The highest BCUT2D eigenvalue weighted by Crippen LogP contribution is 2.22. The van der Waals surface area contributed by atoms with Crippen LogP contribution in [0.3, 0.4) is 0 Å². The maximum atomic E-state index is 12.4. The van der Waals surface area contributed by atoms with Gasteiger partial charge in [-0.05, 0) is 72.7 Å². The monoisotopic (exact) mass is 586 g/mol. The molecule has 0 atom stereocenters. The molecule has 0 radical (unpaired) electrons. The largest absolute Gasteiger partial charge is 0.494 e. The second-order valence-corrected chi connectivity index (χ2v) is 8.93. The van der Waals surface area contributed by atoms with Crippen molar-refractivity contribution in [2.75, 3.05) is 31.3 Å². The number of hydrogen-bond donors (Lipinski definition) is 2. The third kappa shape index (κ3) is 11.2. The van der Waals surface area contributed by atoms with Crippen molar-refractivity contribution in [3.8, 4) is 11.5 Å². The number of ether oxygens (including phenoxy) is 4. The van der Waals surface area contributed by atoms with Gasteiger partial charge in [0.05, 0.1) is 30.9 Å². The van der Waals surface area contributed by atoms with Crippen LogP contribution in [0, 0.1) is 0 Å². The van der Waals surface area contributed by atoms with Crippen molar-refractivity contribution >= 4 is 35.4 Å². The minimum absolute atomic E-state index is 0.0357. The zero-order valence-corrected chi connectivity index (χ0v) is 22.4. The van der Waals surface area contributed by atoms with E-state index >= 15 is 0 Å². The van der Waals surface area contributed by atoms with Gasteiger partial charge in [0.25, 0.3) is 0 Å². The fourth-order valence-electron chi connectivity index (χ4n) is 3.45. The SMILES string of the molecule is Nc1cc(N)cc(C(=O)OCCCOC(=O)/C=C/c2ccc(OC(=O)c3ccc(OCCCC(F)(F)F)cc3)cc2)c1. The van der Waals surface area contributed by atoms with E-state index in [-0.39, 0.29) is 43.1 Å². The molecule has 0 aromatic heterocycles. The number of halogens is 3. The molecule has 0 unspecified atom stereocenters. The summed E-state index contributed by atoms with van der Waals surface area (Å²) in [6.07, 6.45) is -2.28. The summed E-state index contributed by atoms with van der Waals surface area (Å²) >= 11 is 0. The minimum atomic E-state index is -4.23. The van der Waals surface area contributed by atoms with Gasteiger partial charge in [0.2, 0.25) is 0 Å². The van der Waals surface area contributed by atoms with Crippen LogP contribution in [0.25, 0.3) is 6.08 Å². The van der Waals surface area contributed by atoms with E-state index in [0.29, 0.717) is 29.1 Å². The lowest BCUT2D eigenvalue weighted by Gasteiger charge is -2.09. The Balaban J connectivity index is 1.35. The van der Waals surface area contributed by atoms with Crippen molar-refractivity contribution in [2.45, 2.75) is 25.4 Å². The third-order valence-corrected chi connectivity index (χ3v) is 5.45. The molecular formula is C30H29F3N2O7. The number of hydrogen-bond acceptors (Lipinski definition) is 9. The number of benzene rings is 3. The molecule has 0 amide bonds. The Kier molecular flexibility index (Phi) is 11.4. The van der Waals surface area contributed by atoms with E-state index in [9.17, 15) is 27.6 Å². The van der Waals surface area contributed by atoms with Crippen LogP contribution < -0.4 is 20.9 Å².